The summed E-state index contributed by atoms with van der Waals surface area (Å²) in [6.07, 6.45) is 7.34. The lowest BCUT2D eigenvalue weighted by molar-refractivity contribution is 0.0831. The number of carbonyl (C=O) groups is 2. The van der Waals surface area contributed by atoms with Gasteiger partial charge in [0, 0.05) is 24.6 Å². The fraction of sp³-hybridized carbons (Fsp3) is 0.636. The van der Waals surface area contributed by atoms with Crippen molar-refractivity contribution in [1.82, 2.24) is 9.80 Å². The molecule has 2 fully saturated rings. The maximum absolute atomic E-state index is 13.0. The number of carbonyl (C=O) groups excluding carboxylic acids is 2. The highest BCUT2D eigenvalue weighted by Gasteiger charge is 2.28. The molecule has 0 aromatic heterocycles. The standard InChI is InChI=1S/C22H32FN3O2/c1-25(22(24)28)20-8-2-16(3-9-20)10-13-26-14-11-18(12-15-26)21(27)17-4-6-19(23)7-5-17/h4-7,16,18,20H,2-3,8-15H2,1H3,(H2,24,28). The molecule has 5 nitrogen and oxygen atoms in total. The second kappa shape index (κ2) is 9.50. The lowest BCUT2D eigenvalue weighted by atomic mass is 9.83. The van der Waals surface area contributed by atoms with E-state index in [-0.39, 0.29) is 23.5 Å². The van der Waals surface area contributed by atoms with E-state index in [1.54, 1.807) is 24.1 Å². The summed E-state index contributed by atoms with van der Waals surface area (Å²) in [7, 11) is 1.80. The first kappa shape index (κ1) is 20.8. The number of hydrogen-bond donors (Lipinski definition) is 1. The minimum atomic E-state index is -0.332. The van der Waals surface area contributed by atoms with Crippen LogP contribution in [0, 0.1) is 17.7 Å². The van der Waals surface area contributed by atoms with Gasteiger partial charge in [-0.05, 0) is 94.8 Å². The quantitative estimate of drug-likeness (QED) is 0.755. The third-order valence-electron chi connectivity index (χ3n) is 6.65. The van der Waals surface area contributed by atoms with Crippen LogP contribution in [0.25, 0.3) is 0 Å². The molecule has 1 saturated heterocycles. The zero-order valence-electron chi connectivity index (χ0n) is 16.8. The molecule has 1 aliphatic heterocycles. The van der Waals surface area contributed by atoms with Crippen LogP contribution < -0.4 is 5.73 Å². The summed E-state index contributed by atoms with van der Waals surface area (Å²) < 4.78 is 13.0. The summed E-state index contributed by atoms with van der Waals surface area (Å²) >= 11 is 0. The Morgan fingerprint density at radius 2 is 1.68 bits per heavy atom. The van der Waals surface area contributed by atoms with E-state index in [1.807, 2.05) is 0 Å². The van der Waals surface area contributed by atoms with Crippen LogP contribution in [0.1, 0.15) is 55.3 Å². The van der Waals surface area contributed by atoms with Gasteiger partial charge in [-0.15, -0.1) is 0 Å². The van der Waals surface area contributed by atoms with Gasteiger partial charge in [-0.2, -0.15) is 0 Å². The summed E-state index contributed by atoms with van der Waals surface area (Å²) in [4.78, 5) is 28.0. The number of nitrogens with two attached hydrogens (primary N) is 1. The molecular formula is C22H32FN3O2. The van der Waals surface area contributed by atoms with E-state index in [0.29, 0.717) is 11.6 Å². The number of piperidine rings is 1. The van der Waals surface area contributed by atoms with Gasteiger partial charge in [-0.25, -0.2) is 9.18 Å². The summed E-state index contributed by atoms with van der Waals surface area (Å²) in [5.74, 6) is 0.621. The summed E-state index contributed by atoms with van der Waals surface area (Å²) in [5.41, 5.74) is 6.00. The number of nitrogens with zero attached hydrogens (tertiary/aromatic N) is 2. The largest absolute Gasteiger partial charge is 0.351 e. The van der Waals surface area contributed by atoms with E-state index in [9.17, 15) is 14.0 Å². The van der Waals surface area contributed by atoms with Crippen molar-refractivity contribution < 1.29 is 14.0 Å². The summed E-state index contributed by atoms with van der Waals surface area (Å²) in [5, 5.41) is 0. The zero-order valence-corrected chi connectivity index (χ0v) is 16.8. The number of ketones is 1. The van der Waals surface area contributed by atoms with Gasteiger partial charge >= 0.3 is 6.03 Å². The Kier molecular flexibility index (Phi) is 7.05. The second-order valence-electron chi connectivity index (χ2n) is 8.40. The Morgan fingerprint density at radius 1 is 1.07 bits per heavy atom. The number of urea groups is 1. The third-order valence-corrected chi connectivity index (χ3v) is 6.65. The molecule has 0 spiro atoms. The average molecular weight is 390 g/mol. The molecule has 2 N–H and O–H groups in total. The van der Waals surface area contributed by atoms with Gasteiger partial charge in [0.1, 0.15) is 5.82 Å². The normalized spacial score (nSPS) is 24.1. The molecular weight excluding hydrogens is 357 g/mol. The Morgan fingerprint density at radius 3 is 2.25 bits per heavy atom. The first-order chi connectivity index (χ1) is 13.4. The number of hydrogen-bond acceptors (Lipinski definition) is 3. The van der Waals surface area contributed by atoms with Crippen LogP contribution in [-0.2, 0) is 0 Å². The molecule has 1 aromatic carbocycles. The maximum Gasteiger partial charge on any atom is 0.314 e. The van der Waals surface area contributed by atoms with Crippen molar-refractivity contribution in [2.45, 2.75) is 51.0 Å². The minimum absolute atomic E-state index is 0.0569. The van der Waals surface area contributed by atoms with Gasteiger partial charge in [-0.3, -0.25) is 4.79 Å². The van der Waals surface area contributed by atoms with Crippen LogP contribution in [0.2, 0.25) is 0 Å². The molecule has 0 atom stereocenters. The highest BCUT2D eigenvalue weighted by Crippen LogP contribution is 2.30. The van der Waals surface area contributed by atoms with Crippen molar-refractivity contribution >= 4 is 11.8 Å². The van der Waals surface area contributed by atoms with Crippen LogP contribution in [0.5, 0.6) is 0 Å². The maximum atomic E-state index is 13.0. The topological polar surface area (TPSA) is 66.6 Å². The molecule has 1 aliphatic carbocycles. The smallest absolute Gasteiger partial charge is 0.314 e. The van der Waals surface area contributed by atoms with Gasteiger partial charge in [0.25, 0.3) is 0 Å². The number of primary amides is 1. The molecule has 1 aromatic rings. The molecule has 28 heavy (non-hydrogen) atoms. The van der Waals surface area contributed by atoms with Crippen molar-refractivity contribution in [1.29, 1.82) is 0 Å². The van der Waals surface area contributed by atoms with E-state index in [4.69, 9.17) is 5.73 Å². The van der Waals surface area contributed by atoms with Crippen molar-refractivity contribution in [3.05, 3.63) is 35.6 Å². The average Bonchev–Trinajstić information content (AvgIpc) is 2.72. The summed E-state index contributed by atoms with van der Waals surface area (Å²) in [6.45, 7) is 2.99. The SMILES string of the molecule is CN(C(N)=O)C1CCC(CCN2CCC(C(=O)c3ccc(F)cc3)CC2)CC1. The Bertz CT molecular complexity index is 663. The van der Waals surface area contributed by atoms with Gasteiger partial charge in [0.15, 0.2) is 5.78 Å². The van der Waals surface area contributed by atoms with Gasteiger partial charge in [0.2, 0.25) is 0 Å². The van der Waals surface area contributed by atoms with Gasteiger partial charge < -0.3 is 15.5 Å². The number of Topliss-reactive ketones (excluding diaryl/α,β-unsaturated/α-hetero) is 1. The van der Waals surface area contributed by atoms with Crippen molar-refractivity contribution in [2.75, 3.05) is 26.7 Å². The van der Waals surface area contributed by atoms with E-state index in [0.717, 1.165) is 64.1 Å². The molecule has 3 rings (SSSR count). The number of rotatable bonds is 6. The number of likely N-dealkylation sites (tertiary alicyclic amines) is 1. The van der Waals surface area contributed by atoms with Crippen LogP contribution in [0.3, 0.4) is 0 Å². The first-order valence-electron chi connectivity index (χ1n) is 10.5. The molecule has 2 aliphatic rings. The molecule has 2 amide bonds. The highest BCUT2D eigenvalue weighted by atomic mass is 19.1. The second-order valence-corrected chi connectivity index (χ2v) is 8.40. The van der Waals surface area contributed by atoms with Crippen LogP contribution >= 0.6 is 0 Å². The van der Waals surface area contributed by atoms with Crippen molar-refractivity contribution in [3.63, 3.8) is 0 Å². The van der Waals surface area contributed by atoms with Crippen LogP contribution in [0.15, 0.2) is 24.3 Å². The molecule has 0 bridgehead atoms. The third kappa shape index (κ3) is 5.31. The first-order valence-corrected chi connectivity index (χ1v) is 10.5. The molecule has 1 saturated carbocycles. The molecule has 0 unspecified atom stereocenters. The van der Waals surface area contributed by atoms with Crippen molar-refractivity contribution in [2.24, 2.45) is 17.6 Å². The number of amides is 2. The van der Waals surface area contributed by atoms with E-state index in [2.05, 4.69) is 4.90 Å². The number of halogens is 1. The Balaban J connectivity index is 1.36. The lowest BCUT2D eigenvalue weighted by Gasteiger charge is -2.36. The van der Waals surface area contributed by atoms with Crippen LogP contribution in [0.4, 0.5) is 9.18 Å². The lowest BCUT2D eigenvalue weighted by Crippen LogP contribution is -2.42. The number of benzene rings is 1. The fourth-order valence-electron chi connectivity index (χ4n) is 4.63. The molecule has 154 valence electrons. The predicted molar refractivity (Wildman–Crippen MR) is 108 cm³/mol. The van der Waals surface area contributed by atoms with E-state index >= 15 is 0 Å². The van der Waals surface area contributed by atoms with Crippen molar-refractivity contribution in [3.8, 4) is 0 Å². The predicted octanol–water partition coefficient (Wildman–Crippen LogP) is 3.68. The fourth-order valence-corrected chi connectivity index (χ4v) is 4.63. The Hall–Kier alpha value is -1.95. The van der Waals surface area contributed by atoms with Crippen LogP contribution in [-0.4, -0.2) is 54.3 Å². The highest BCUT2D eigenvalue weighted by molar-refractivity contribution is 5.97. The van der Waals surface area contributed by atoms with Gasteiger partial charge in [-0.1, -0.05) is 0 Å². The van der Waals surface area contributed by atoms with Gasteiger partial charge in [0.05, 0.1) is 0 Å². The Labute approximate surface area is 167 Å². The molecule has 6 heteroatoms. The van der Waals surface area contributed by atoms with E-state index < -0.39 is 0 Å². The molecule has 0 radical (unpaired) electrons. The van der Waals surface area contributed by atoms with E-state index in [1.165, 1.54) is 18.6 Å². The molecule has 1 heterocycles. The monoisotopic (exact) mass is 389 g/mol. The minimum Gasteiger partial charge on any atom is -0.351 e. The summed E-state index contributed by atoms with van der Waals surface area (Å²) in [6, 6.07) is 5.87. The zero-order chi connectivity index (χ0) is 20.1.